The van der Waals surface area contributed by atoms with Gasteiger partial charge >= 0.3 is 0 Å². The molecule has 2 aliphatic heterocycles. The molecule has 2 fully saturated rings. The van der Waals surface area contributed by atoms with Crippen molar-refractivity contribution in [1.82, 2.24) is 14.8 Å². The molecule has 28 heavy (non-hydrogen) atoms. The Labute approximate surface area is 174 Å². The number of carbonyl (C=O) groups is 2. The van der Waals surface area contributed by atoms with Crippen LogP contribution in [0, 0.1) is 0 Å². The number of nitrogens with two attached hydrogens (primary N) is 1. The van der Waals surface area contributed by atoms with Crippen molar-refractivity contribution in [3.63, 3.8) is 0 Å². The van der Waals surface area contributed by atoms with E-state index in [9.17, 15) is 9.59 Å². The minimum Gasteiger partial charge on any atom is -0.335 e. The number of para-hydroxylation sites is 1. The van der Waals surface area contributed by atoms with Gasteiger partial charge in [0, 0.05) is 50.3 Å². The van der Waals surface area contributed by atoms with E-state index < -0.39 is 0 Å². The molecule has 2 saturated heterocycles. The first-order valence-electron chi connectivity index (χ1n) is 9.21. The second kappa shape index (κ2) is 9.00. The van der Waals surface area contributed by atoms with Gasteiger partial charge in [0.1, 0.15) is 10.7 Å². The Bertz CT molecular complexity index is 823. The van der Waals surface area contributed by atoms with Crippen molar-refractivity contribution < 1.29 is 9.59 Å². The van der Waals surface area contributed by atoms with Gasteiger partial charge in [-0.1, -0.05) is 18.2 Å². The topological polar surface area (TPSA) is 82.8 Å². The zero-order valence-electron chi connectivity index (χ0n) is 15.5. The zero-order chi connectivity index (χ0) is 18.8. The lowest BCUT2D eigenvalue weighted by Crippen LogP contribution is -2.53. The molecule has 1 aromatic carbocycles. The quantitative estimate of drug-likeness (QED) is 0.810. The normalized spacial score (nSPS) is 20.3. The number of thiazole rings is 1. The van der Waals surface area contributed by atoms with Crippen LogP contribution in [0.3, 0.4) is 0 Å². The van der Waals surface area contributed by atoms with Gasteiger partial charge in [0.2, 0.25) is 5.91 Å². The first-order chi connectivity index (χ1) is 13.2. The highest BCUT2D eigenvalue weighted by Gasteiger charge is 2.38. The smallest absolute Gasteiger partial charge is 0.273 e. The number of piperazine rings is 1. The van der Waals surface area contributed by atoms with Crippen LogP contribution in [0.1, 0.15) is 21.9 Å². The van der Waals surface area contributed by atoms with Crippen LogP contribution in [0.2, 0.25) is 0 Å². The molecule has 3 heterocycles. The van der Waals surface area contributed by atoms with Gasteiger partial charge in [-0.2, -0.15) is 0 Å². The Morgan fingerprint density at radius 3 is 2.50 bits per heavy atom. The number of benzene rings is 1. The van der Waals surface area contributed by atoms with Gasteiger partial charge in [-0.3, -0.25) is 14.5 Å². The number of hydrogen-bond acceptors (Lipinski definition) is 6. The third-order valence-corrected chi connectivity index (χ3v) is 6.10. The monoisotopic (exact) mass is 421 g/mol. The van der Waals surface area contributed by atoms with Gasteiger partial charge < -0.3 is 15.5 Å². The van der Waals surface area contributed by atoms with Crippen LogP contribution in [0.5, 0.6) is 0 Å². The summed E-state index contributed by atoms with van der Waals surface area (Å²) in [6.45, 7) is 3.74. The van der Waals surface area contributed by atoms with Crippen molar-refractivity contribution in [2.75, 3.05) is 37.6 Å². The van der Waals surface area contributed by atoms with Gasteiger partial charge in [-0.05, 0) is 18.6 Å². The highest BCUT2D eigenvalue weighted by Crippen LogP contribution is 2.25. The second-order valence-corrected chi connectivity index (χ2v) is 7.73. The number of halogens is 1. The summed E-state index contributed by atoms with van der Waals surface area (Å²) < 4.78 is 0. The number of amides is 2. The van der Waals surface area contributed by atoms with Crippen molar-refractivity contribution in [2.24, 2.45) is 5.73 Å². The molecule has 2 aromatic rings. The zero-order valence-corrected chi connectivity index (χ0v) is 17.1. The molecular formula is C19H24ClN5O2S. The maximum Gasteiger partial charge on any atom is 0.273 e. The predicted molar refractivity (Wildman–Crippen MR) is 112 cm³/mol. The van der Waals surface area contributed by atoms with Gasteiger partial charge in [0.15, 0.2) is 0 Å². The number of hydrogen-bond donors (Lipinski definition) is 1. The minimum atomic E-state index is -0.0921. The van der Waals surface area contributed by atoms with E-state index in [4.69, 9.17) is 5.73 Å². The summed E-state index contributed by atoms with van der Waals surface area (Å²) in [6.07, 6.45) is 0.827. The molecule has 2 aliphatic rings. The summed E-state index contributed by atoms with van der Waals surface area (Å²) >= 11 is 1.42. The molecular weight excluding hydrogens is 398 g/mol. The maximum atomic E-state index is 12.9. The number of nitrogens with zero attached hydrogens (tertiary/aromatic N) is 4. The van der Waals surface area contributed by atoms with E-state index in [-0.39, 0.29) is 30.3 Å². The Kier molecular flexibility index (Phi) is 6.66. The van der Waals surface area contributed by atoms with Crippen molar-refractivity contribution in [2.45, 2.75) is 19.0 Å². The van der Waals surface area contributed by atoms with Crippen LogP contribution >= 0.6 is 23.7 Å². The largest absolute Gasteiger partial charge is 0.335 e. The molecule has 0 bridgehead atoms. The minimum absolute atomic E-state index is 0. The third kappa shape index (κ3) is 4.05. The van der Waals surface area contributed by atoms with E-state index in [1.807, 2.05) is 40.1 Å². The number of anilines is 1. The summed E-state index contributed by atoms with van der Waals surface area (Å²) in [5.74, 6) is 0.113. The fourth-order valence-corrected chi connectivity index (χ4v) is 4.42. The van der Waals surface area contributed by atoms with Crippen LogP contribution in [-0.4, -0.2) is 65.4 Å². The fourth-order valence-electron chi connectivity index (χ4n) is 3.77. The summed E-state index contributed by atoms with van der Waals surface area (Å²) in [5, 5.41) is 2.55. The standard InChI is InChI=1S/C19H23N5O2S.ClH/c20-12-17-21-15(13-27-17)18(25)23-10-8-22(9-11-23)16-6-7-24(19(16)26)14-4-2-1-3-5-14;/h1-5,13,16H,6-12,20H2;1H. The lowest BCUT2D eigenvalue weighted by atomic mass is 10.1. The molecule has 1 aromatic heterocycles. The summed E-state index contributed by atoms with van der Waals surface area (Å²) in [4.78, 5) is 35.6. The molecule has 0 aliphatic carbocycles. The van der Waals surface area contributed by atoms with Gasteiger partial charge in [-0.25, -0.2) is 4.98 Å². The lowest BCUT2D eigenvalue weighted by Gasteiger charge is -2.37. The van der Waals surface area contributed by atoms with Gasteiger partial charge in [0.25, 0.3) is 5.91 Å². The fraction of sp³-hybridized carbons (Fsp3) is 0.421. The Morgan fingerprint density at radius 2 is 1.86 bits per heavy atom. The van der Waals surface area contributed by atoms with Gasteiger partial charge in [-0.15, -0.1) is 23.7 Å². The molecule has 0 radical (unpaired) electrons. The van der Waals surface area contributed by atoms with Crippen LogP contribution in [0.4, 0.5) is 5.69 Å². The van der Waals surface area contributed by atoms with Crippen molar-refractivity contribution in [3.8, 4) is 0 Å². The third-order valence-electron chi connectivity index (χ3n) is 5.23. The van der Waals surface area contributed by atoms with E-state index in [0.29, 0.717) is 38.4 Å². The molecule has 0 saturated carbocycles. The van der Waals surface area contributed by atoms with E-state index in [0.717, 1.165) is 23.7 Å². The number of rotatable bonds is 4. The van der Waals surface area contributed by atoms with Crippen LogP contribution in [-0.2, 0) is 11.3 Å². The lowest BCUT2D eigenvalue weighted by molar-refractivity contribution is -0.122. The Morgan fingerprint density at radius 1 is 1.14 bits per heavy atom. The summed E-state index contributed by atoms with van der Waals surface area (Å²) in [5.41, 5.74) is 7.01. The summed E-state index contributed by atoms with van der Waals surface area (Å²) in [6, 6.07) is 9.71. The summed E-state index contributed by atoms with van der Waals surface area (Å²) in [7, 11) is 0. The molecule has 7 nitrogen and oxygen atoms in total. The average Bonchev–Trinajstić information content (AvgIpc) is 3.35. The van der Waals surface area contributed by atoms with Crippen LogP contribution in [0.25, 0.3) is 0 Å². The molecule has 9 heteroatoms. The highest BCUT2D eigenvalue weighted by atomic mass is 35.5. The molecule has 0 spiro atoms. The molecule has 1 atom stereocenters. The van der Waals surface area contributed by atoms with Gasteiger partial charge in [0.05, 0.1) is 6.04 Å². The van der Waals surface area contributed by atoms with Crippen LogP contribution < -0.4 is 10.6 Å². The van der Waals surface area contributed by atoms with Crippen molar-refractivity contribution in [3.05, 3.63) is 46.4 Å². The maximum absolute atomic E-state index is 12.9. The van der Waals surface area contributed by atoms with Crippen LogP contribution in [0.15, 0.2) is 35.7 Å². The average molecular weight is 422 g/mol. The molecule has 1 unspecified atom stereocenters. The predicted octanol–water partition coefficient (Wildman–Crippen LogP) is 1.59. The number of aromatic nitrogens is 1. The second-order valence-electron chi connectivity index (χ2n) is 6.79. The van der Waals surface area contributed by atoms with E-state index >= 15 is 0 Å². The Balaban J connectivity index is 0.00000225. The van der Waals surface area contributed by atoms with E-state index in [1.54, 1.807) is 5.38 Å². The molecule has 4 rings (SSSR count). The molecule has 150 valence electrons. The van der Waals surface area contributed by atoms with Crippen molar-refractivity contribution in [1.29, 1.82) is 0 Å². The first kappa shape index (κ1) is 20.7. The number of carbonyl (C=O) groups excluding carboxylic acids is 2. The molecule has 2 amide bonds. The first-order valence-corrected chi connectivity index (χ1v) is 10.1. The highest BCUT2D eigenvalue weighted by molar-refractivity contribution is 7.09. The SMILES string of the molecule is Cl.NCc1nc(C(=O)N2CCN(C3CCN(c4ccccc4)C3=O)CC2)cs1. The van der Waals surface area contributed by atoms with Crippen molar-refractivity contribution >= 4 is 41.2 Å². The molecule has 2 N–H and O–H groups in total. The van der Waals surface area contributed by atoms with E-state index in [2.05, 4.69) is 9.88 Å². The Hall–Kier alpha value is -2.00. The van der Waals surface area contributed by atoms with E-state index in [1.165, 1.54) is 11.3 Å².